The minimum Gasteiger partial charge on any atom is -0.390 e. The van der Waals surface area contributed by atoms with Gasteiger partial charge in [0.05, 0.1) is 24.4 Å². The predicted molar refractivity (Wildman–Crippen MR) is 176 cm³/mol. The van der Waals surface area contributed by atoms with Crippen LogP contribution in [0, 0.1) is 30.1 Å². The van der Waals surface area contributed by atoms with Crippen molar-refractivity contribution in [3.05, 3.63) is 54.6 Å². The topological polar surface area (TPSA) is 137 Å². The standard InChI is InChI=1S/C36H51N5O5/c1-3-4-15-30(36(46)39-31(23-27-13-9-6-10-14-27)34(44)33(43)28-16-17-28)38-35(45)29(22-26-11-7-5-8-12-26)24-32(42)40(2)20-21-41-19-18-37-25-41/h1,5,7-8,11-12,18-19,25,27-31,33-34,43-44H,4,6,9-10,13-17,20-24H2,2H3,(H,38,45)(H,39,46)/t29-,30+,31?,33+,34?/m1/s1. The second-order valence-electron chi connectivity index (χ2n) is 13.2. The van der Waals surface area contributed by atoms with Crippen LogP contribution in [-0.2, 0) is 27.3 Å². The number of nitrogens with one attached hydrogen (secondary N) is 2. The maximum absolute atomic E-state index is 13.9. The summed E-state index contributed by atoms with van der Waals surface area (Å²) in [5.74, 6) is 1.23. The van der Waals surface area contributed by atoms with Crippen LogP contribution in [0.25, 0.3) is 0 Å². The van der Waals surface area contributed by atoms with Crippen LogP contribution in [0.2, 0.25) is 0 Å². The summed E-state index contributed by atoms with van der Waals surface area (Å²) in [6, 6.07) is 7.92. The molecule has 0 aliphatic heterocycles. The lowest BCUT2D eigenvalue weighted by molar-refractivity contribution is -0.137. The number of benzene rings is 1. The average Bonchev–Trinajstić information content (AvgIpc) is 3.79. The van der Waals surface area contributed by atoms with Crippen molar-refractivity contribution in [1.29, 1.82) is 0 Å². The van der Waals surface area contributed by atoms with Crippen molar-refractivity contribution in [2.75, 3.05) is 13.6 Å². The largest absolute Gasteiger partial charge is 0.390 e. The number of aliphatic hydroxyl groups is 2. The minimum absolute atomic E-state index is 0.0266. The van der Waals surface area contributed by atoms with Crippen LogP contribution in [0.5, 0.6) is 0 Å². The second-order valence-corrected chi connectivity index (χ2v) is 13.2. The van der Waals surface area contributed by atoms with E-state index in [0.29, 0.717) is 31.8 Å². The molecule has 0 saturated heterocycles. The molecule has 2 saturated carbocycles. The molecule has 5 atom stereocenters. The van der Waals surface area contributed by atoms with Crippen LogP contribution in [-0.4, -0.2) is 80.3 Å². The molecule has 46 heavy (non-hydrogen) atoms. The van der Waals surface area contributed by atoms with E-state index in [0.717, 1.165) is 44.1 Å². The Balaban J connectivity index is 1.45. The van der Waals surface area contributed by atoms with Crippen LogP contribution in [0.3, 0.4) is 0 Å². The van der Waals surface area contributed by atoms with Crippen molar-refractivity contribution in [2.24, 2.45) is 17.8 Å². The summed E-state index contributed by atoms with van der Waals surface area (Å²) in [4.78, 5) is 46.6. The SMILES string of the molecule is C#CCC[C@H](NC(=O)[C@@H](CC(=O)N(C)CCn1ccnc1)Cc1ccccc1)C(=O)NC(CC1CCCCC1)C(O)[C@@H](O)C1CC1. The number of terminal acetylenes is 1. The van der Waals surface area contributed by atoms with E-state index >= 15 is 0 Å². The Labute approximate surface area is 273 Å². The molecule has 10 nitrogen and oxygen atoms in total. The van der Waals surface area contributed by atoms with E-state index in [1.54, 1.807) is 24.5 Å². The van der Waals surface area contributed by atoms with E-state index in [2.05, 4.69) is 21.5 Å². The van der Waals surface area contributed by atoms with Gasteiger partial charge in [0.15, 0.2) is 0 Å². The number of nitrogens with zero attached hydrogens (tertiary/aromatic N) is 3. The summed E-state index contributed by atoms with van der Waals surface area (Å²) in [6.07, 6.45) is 17.3. The van der Waals surface area contributed by atoms with Gasteiger partial charge in [0, 0.05) is 45.4 Å². The fraction of sp³-hybridized carbons (Fsp3) is 0.611. The van der Waals surface area contributed by atoms with Crippen LogP contribution in [0.1, 0.15) is 76.2 Å². The van der Waals surface area contributed by atoms with E-state index in [1.807, 2.05) is 41.1 Å². The van der Waals surface area contributed by atoms with E-state index < -0.39 is 42.0 Å². The smallest absolute Gasteiger partial charge is 0.242 e. The number of hydrogen-bond donors (Lipinski definition) is 4. The molecule has 250 valence electrons. The molecule has 2 fully saturated rings. The molecule has 0 spiro atoms. The highest BCUT2D eigenvalue weighted by Gasteiger charge is 2.40. The molecule has 2 unspecified atom stereocenters. The van der Waals surface area contributed by atoms with E-state index in [-0.39, 0.29) is 31.1 Å². The highest BCUT2D eigenvalue weighted by Crippen LogP contribution is 2.36. The number of hydrogen-bond acceptors (Lipinski definition) is 6. The Bertz CT molecular complexity index is 1270. The lowest BCUT2D eigenvalue weighted by Crippen LogP contribution is -2.56. The molecule has 0 radical (unpaired) electrons. The van der Waals surface area contributed by atoms with Gasteiger partial charge in [0.2, 0.25) is 17.7 Å². The van der Waals surface area contributed by atoms with Crippen molar-refractivity contribution >= 4 is 17.7 Å². The number of imidazole rings is 1. The van der Waals surface area contributed by atoms with Gasteiger partial charge >= 0.3 is 0 Å². The summed E-state index contributed by atoms with van der Waals surface area (Å²) in [7, 11) is 1.72. The molecule has 10 heteroatoms. The third kappa shape index (κ3) is 11.0. The molecular weight excluding hydrogens is 582 g/mol. The van der Waals surface area contributed by atoms with Crippen molar-refractivity contribution < 1.29 is 24.6 Å². The highest BCUT2D eigenvalue weighted by molar-refractivity contribution is 5.91. The number of aromatic nitrogens is 2. The molecule has 4 N–H and O–H groups in total. The summed E-state index contributed by atoms with van der Waals surface area (Å²) < 4.78 is 1.88. The average molecular weight is 634 g/mol. The monoisotopic (exact) mass is 633 g/mol. The van der Waals surface area contributed by atoms with Gasteiger partial charge in [-0.05, 0) is 49.5 Å². The Morgan fingerprint density at radius 3 is 2.46 bits per heavy atom. The van der Waals surface area contributed by atoms with Gasteiger partial charge < -0.3 is 30.3 Å². The van der Waals surface area contributed by atoms with E-state index in [9.17, 15) is 24.6 Å². The Hall–Kier alpha value is -3.68. The minimum atomic E-state index is -1.09. The number of carbonyl (C=O) groups is 3. The van der Waals surface area contributed by atoms with Crippen LogP contribution >= 0.6 is 0 Å². The molecule has 2 aliphatic rings. The number of likely N-dealkylation sites (N-methyl/N-ethyl adjacent to an activating group) is 1. The molecule has 1 heterocycles. The van der Waals surface area contributed by atoms with E-state index in [4.69, 9.17) is 6.42 Å². The van der Waals surface area contributed by atoms with Gasteiger partial charge in [-0.15, -0.1) is 12.3 Å². The highest BCUT2D eigenvalue weighted by atomic mass is 16.3. The van der Waals surface area contributed by atoms with Crippen molar-refractivity contribution in [3.63, 3.8) is 0 Å². The van der Waals surface area contributed by atoms with Crippen molar-refractivity contribution in [2.45, 2.75) is 108 Å². The summed E-state index contributed by atoms with van der Waals surface area (Å²) >= 11 is 0. The zero-order chi connectivity index (χ0) is 32.9. The molecule has 2 aromatic rings. The van der Waals surface area contributed by atoms with E-state index in [1.165, 1.54) is 6.42 Å². The number of rotatable bonds is 18. The second kappa shape index (κ2) is 17.9. The third-order valence-corrected chi connectivity index (χ3v) is 9.51. The maximum atomic E-state index is 13.9. The summed E-state index contributed by atoms with van der Waals surface area (Å²) in [5.41, 5.74) is 0.908. The first-order valence-corrected chi connectivity index (χ1v) is 16.9. The predicted octanol–water partition coefficient (Wildman–Crippen LogP) is 3.08. The normalized spacial score (nSPS) is 18.4. The molecule has 3 amide bonds. The molecule has 4 rings (SSSR count). The summed E-state index contributed by atoms with van der Waals surface area (Å²) in [6.45, 7) is 1.04. The van der Waals surface area contributed by atoms with Crippen LogP contribution < -0.4 is 10.6 Å². The van der Waals surface area contributed by atoms with Gasteiger partial charge in [-0.25, -0.2) is 4.98 Å². The van der Waals surface area contributed by atoms with Crippen molar-refractivity contribution in [1.82, 2.24) is 25.1 Å². The van der Waals surface area contributed by atoms with Crippen LogP contribution in [0.15, 0.2) is 49.1 Å². The summed E-state index contributed by atoms with van der Waals surface area (Å²) in [5, 5.41) is 27.9. The van der Waals surface area contributed by atoms with Crippen LogP contribution in [0.4, 0.5) is 0 Å². The quantitative estimate of drug-likeness (QED) is 0.186. The Kier molecular flexibility index (Phi) is 13.7. The van der Waals surface area contributed by atoms with Gasteiger partial charge in [-0.3, -0.25) is 14.4 Å². The first-order chi connectivity index (χ1) is 22.2. The zero-order valence-corrected chi connectivity index (χ0v) is 27.1. The van der Waals surface area contributed by atoms with Gasteiger partial charge in [0.25, 0.3) is 0 Å². The third-order valence-electron chi connectivity index (χ3n) is 9.51. The Morgan fingerprint density at radius 2 is 1.80 bits per heavy atom. The first-order valence-electron chi connectivity index (χ1n) is 16.9. The maximum Gasteiger partial charge on any atom is 0.242 e. The molecule has 1 aromatic carbocycles. The zero-order valence-electron chi connectivity index (χ0n) is 27.1. The molecule has 1 aromatic heterocycles. The molecular formula is C36H51N5O5. The number of carbonyl (C=O) groups excluding carboxylic acids is 3. The van der Waals surface area contributed by atoms with Gasteiger partial charge in [-0.2, -0.15) is 0 Å². The lowest BCUT2D eigenvalue weighted by Gasteiger charge is -2.33. The Morgan fingerprint density at radius 1 is 1.07 bits per heavy atom. The lowest BCUT2D eigenvalue weighted by atomic mass is 9.82. The van der Waals surface area contributed by atoms with Gasteiger partial charge in [-0.1, -0.05) is 62.4 Å². The molecule has 2 aliphatic carbocycles. The van der Waals surface area contributed by atoms with Crippen molar-refractivity contribution in [3.8, 4) is 12.3 Å². The first kappa shape index (κ1) is 35.2. The molecule has 0 bridgehead atoms. The van der Waals surface area contributed by atoms with Gasteiger partial charge in [0.1, 0.15) is 12.1 Å². The fourth-order valence-corrected chi connectivity index (χ4v) is 6.42. The number of aliphatic hydroxyl groups excluding tert-OH is 2. The fourth-order valence-electron chi connectivity index (χ4n) is 6.42. The number of amides is 3.